The molecule has 0 aliphatic heterocycles. The number of nitrogens with zero attached hydrogens (tertiary/aromatic N) is 2. The lowest BCUT2D eigenvalue weighted by Gasteiger charge is -2.06. The molecule has 0 unspecified atom stereocenters. The highest BCUT2D eigenvalue weighted by Crippen LogP contribution is 2.18. The van der Waals surface area contributed by atoms with Gasteiger partial charge in [-0.05, 0) is 19.1 Å². The van der Waals surface area contributed by atoms with Crippen molar-refractivity contribution >= 4 is 16.9 Å². The van der Waals surface area contributed by atoms with Gasteiger partial charge in [0.25, 0.3) is 0 Å². The number of aromatic nitrogens is 1. The molecule has 0 fully saturated rings. The summed E-state index contributed by atoms with van der Waals surface area (Å²) in [6.07, 6.45) is 0. The highest BCUT2D eigenvalue weighted by atomic mass is 16.5. The van der Waals surface area contributed by atoms with Crippen LogP contribution in [0.1, 0.15) is 16.1 Å². The van der Waals surface area contributed by atoms with E-state index in [1.54, 1.807) is 12.1 Å². The molecule has 0 N–H and O–H groups in total. The van der Waals surface area contributed by atoms with Crippen LogP contribution < -0.4 is 0 Å². The van der Waals surface area contributed by atoms with Crippen molar-refractivity contribution in [3.63, 3.8) is 0 Å². The predicted octanol–water partition coefficient (Wildman–Crippen LogP) is 2.22. The van der Waals surface area contributed by atoms with Crippen molar-refractivity contribution < 1.29 is 9.53 Å². The Morgan fingerprint density at radius 3 is 3.00 bits per heavy atom. The molecule has 2 aromatic rings. The van der Waals surface area contributed by atoms with Crippen LogP contribution in [0.3, 0.4) is 0 Å². The Hall–Kier alpha value is -2.41. The van der Waals surface area contributed by atoms with Gasteiger partial charge in [-0.15, -0.1) is 0 Å². The predicted molar refractivity (Wildman–Crippen MR) is 62.4 cm³/mol. The van der Waals surface area contributed by atoms with Crippen molar-refractivity contribution in [2.75, 3.05) is 6.61 Å². The molecule has 0 radical (unpaired) electrons. The third-order valence-corrected chi connectivity index (χ3v) is 2.33. The molecule has 0 spiro atoms. The van der Waals surface area contributed by atoms with Crippen molar-refractivity contribution in [3.8, 4) is 6.07 Å². The van der Waals surface area contributed by atoms with E-state index in [0.29, 0.717) is 5.56 Å². The molecule has 0 bridgehead atoms. The molecule has 0 saturated heterocycles. The Morgan fingerprint density at radius 1 is 1.47 bits per heavy atom. The first kappa shape index (κ1) is 11.1. The van der Waals surface area contributed by atoms with Gasteiger partial charge in [0, 0.05) is 11.1 Å². The van der Waals surface area contributed by atoms with Crippen LogP contribution >= 0.6 is 0 Å². The topological polar surface area (TPSA) is 63.0 Å². The summed E-state index contributed by atoms with van der Waals surface area (Å²) in [6.45, 7) is 1.57. The minimum atomic E-state index is -0.492. The van der Waals surface area contributed by atoms with Crippen LogP contribution in [0.5, 0.6) is 0 Å². The zero-order valence-electron chi connectivity index (χ0n) is 9.30. The quantitative estimate of drug-likeness (QED) is 0.736. The molecule has 84 valence electrons. The fourth-order valence-corrected chi connectivity index (χ4v) is 1.65. The van der Waals surface area contributed by atoms with E-state index in [1.807, 2.05) is 31.2 Å². The van der Waals surface area contributed by atoms with Crippen molar-refractivity contribution in [2.45, 2.75) is 6.92 Å². The van der Waals surface area contributed by atoms with Crippen LogP contribution in [-0.4, -0.2) is 17.6 Å². The highest BCUT2D eigenvalue weighted by Gasteiger charge is 2.12. The second kappa shape index (κ2) is 4.62. The van der Waals surface area contributed by atoms with Gasteiger partial charge in [-0.2, -0.15) is 5.26 Å². The normalized spacial score (nSPS) is 9.88. The number of benzene rings is 1. The van der Waals surface area contributed by atoms with Crippen LogP contribution in [0.15, 0.2) is 30.3 Å². The Bertz CT molecular complexity index is 614. The SMILES string of the molecule is Cc1cc(C(=O)OCC#N)c2ccccc2n1. The molecule has 0 saturated carbocycles. The molecule has 2 rings (SSSR count). The Kier molecular flexibility index (Phi) is 3.01. The molecule has 0 aliphatic rings. The molecular formula is C13H10N2O2. The Balaban J connectivity index is 2.53. The van der Waals surface area contributed by atoms with Crippen LogP contribution in [0, 0.1) is 18.3 Å². The largest absolute Gasteiger partial charge is 0.447 e. The smallest absolute Gasteiger partial charge is 0.339 e. The number of pyridine rings is 1. The van der Waals surface area contributed by atoms with Gasteiger partial charge in [0.1, 0.15) is 6.07 Å². The lowest BCUT2D eigenvalue weighted by Crippen LogP contribution is -2.07. The van der Waals surface area contributed by atoms with E-state index in [0.717, 1.165) is 16.6 Å². The third-order valence-electron chi connectivity index (χ3n) is 2.33. The zero-order chi connectivity index (χ0) is 12.3. The first-order valence-electron chi connectivity index (χ1n) is 5.13. The molecule has 1 aromatic carbocycles. The molecular weight excluding hydrogens is 216 g/mol. The van der Waals surface area contributed by atoms with Crippen molar-refractivity contribution in [1.82, 2.24) is 4.98 Å². The maximum Gasteiger partial charge on any atom is 0.339 e. The van der Waals surface area contributed by atoms with E-state index in [4.69, 9.17) is 10.00 Å². The number of ether oxygens (including phenoxy) is 1. The van der Waals surface area contributed by atoms with Crippen LogP contribution in [-0.2, 0) is 4.74 Å². The van der Waals surface area contributed by atoms with E-state index < -0.39 is 5.97 Å². The van der Waals surface area contributed by atoms with Gasteiger partial charge in [0.15, 0.2) is 6.61 Å². The van der Waals surface area contributed by atoms with Gasteiger partial charge < -0.3 is 4.74 Å². The second-order valence-corrected chi connectivity index (χ2v) is 3.56. The van der Waals surface area contributed by atoms with Gasteiger partial charge in [0.2, 0.25) is 0 Å². The van der Waals surface area contributed by atoms with Gasteiger partial charge in [-0.1, -0.05) is 18.2 Å². The molecule has 4 heteroatoms. The van der Waals surface area contributed by atoms with Crippen molar-refractivity contribution in [3.05, 3.63) is 41.6 Å². The van der Waals surface area contributed by atoms with Gasteiger partial charge in [-0.3, -0.25) is 4.98 Å². The maximum atomic E-state index is 11.8. The summed E-state index contributed by atoms with van der Waals surface area (Å²) in [5, 5.41) is 9.13. The number of hydrogen-bond donors (Lipinski definition) is 0. The summed E-state index contributed by atoms with van der Waals surface area (Å²) in [4.78, 5) is 16.1. The van der Waals surface area contributed by atoms with Gasteiger partial charge >= 0.3 is 5.97 Å². The number of nitriles is 1. The minimum Gasteiger partial charge on any atom is -0.447 e. The van der Waals surface area contributed by atoms with E-state index in [1.165, 1.54) is 0 Å². The standard InChI is InChI=1S/C13H10N2O2/c1-9-8-11(13(16)17-7-6-14)10-4-2-3-5-12(10)15-9/h2-5,8H,7H2,1H3. The highest BCUT2D eigenvalue weighted by molar-refractivity contribution is 6.03. The third kappa shape index (κ3) is 2.23. The van der Waals surface area contributed by atoms with Crippen molar-refractivity contribution in [2.24, 2.45) is 0 Å². The van der Waals surface area contributed by atoms with Crippen LogP contribution in [0.2, 0.25) is 0 Å². The van der Waals surface area contributed by atoms with Gasteiger partial charge in [-0.25, -0.2) is 4.79 Å². The Labute approximate surface area is 98.5 Å². The van der Waals surface area contributed by atoms with Gasteiger partial charge in [0.05, 0.1) is 11.1 Å². The maximum absolute atomic E-state index is 11.8. The van der Waals surface area contributed by atoms with E-state index in [-0.39, 0.29) is 6.61 Å². The van der Waals surface area contributed by atoms with Crippen LogP contribution in [0.25, 0.3) is 10.9 Å². The van der Waals surface area contributed by atoms with E-state index >= 15 is 0 Å². The number of para-hydroxylation sites is 1. The summed E-state index contributed by atoms with van der Waals surface area (Å²) in [5.74, 6) is -0.492. The number of aryl methyl sites for hydroxylation is 1. The summed E-state index contributed by atoms with van der Waals surface area (Å²) >= 11 is 0. The number of carbonyl (C=O) groups excluding carboxylic acids is 1. The molecule has 1 aromatic heterocycles. The number of esters is 1. The molecule has 0 aliphatic carbocycles. The number of fused-ring (bicyclic) bond motifs is 1. The molecule has 1 heterocycles. The summed E-state index contributed by atoms with van der Waals surface area (Å²) in [7, 11) is 0. The molecule has 0 amide bonds. The lowest BCUT2D eigenvalue weighted by molar-refractivity contribution is 0.0557. The van der Waals surface area contributed by atoms with E-state index in [2.05, 4.69) is 4.98 Å². The summed E-state index contributed by atoms with van der Waals surface area (Å²) < 4.78 is 4.81. The fourth-order valence-electron chi connectivity index (χ4n) is 1.65. The number of carbonyl (C=O) groups is 1. The van der Waals surface area contributed by atoms with Crippen molar-refractivity contribution in [1.29, 1.82) is 5.26 Å². The number of rotatable bonds is 2. The fraction of sp³-hybridized carbons (Fsp3) is 0.154. The average molecular weight is 226 g/mol. The number of hydrogen-bond acceptors (Lipinski definition) is 4. The second-order valence-electron chi connectivity index (χ2n) is 3.56. The first-order valence-corrected chi connectivity index (χ1v) is 5.13. The molecule has 17 heavy (non-hydrogen) atoms. The lowest BCUT2D eigenvalue weighted by atomic mass is 10.1. The first-order chi connectivity index (χ1) is 8.22. The average Bonchev–Trinajstić information content (AvgIpc) is 2.34. The molecule has 4 nitrogen and oxygen atoms in total. The zero-order valence-corrected chi connectivity index (χ0v) is 9.30. The summed E-state index contributed by atoms with van der Waals surface area (Å²) in [6, 6.07) is 10.8. The van der Waals surface area contributed by atoms with E-state index in [9.17, 15) is 4.79 Å². The monoisotopic (exact) mass is 226 g/mol. The molecule has 0 atom stereocenters. The minimum absolute atomic E-state index is 0.242. The van der Waals surface area contributed by atoms with Crippen LogP contribution in [0.4, 0.5) is 0 Å². The Morgan fingerprint density at radius 2 is 2.24 bits per heavy atom. The summed E-state index contributed by atoms with van der Waals surface area (Å²) in [5.41, 5.74) is 1.94.